The van der Waals surface area contributed by atoms with Crippen LogP contribution >= 0.6 is 0 Å². The monoisotopic (exact) mass is 320 g/mol. The third-order valence-corrected chi connectivity index (χ3v) is 4.42. The van der Waals surface area contributed by atoms with E-state index in [1.807, 2.05) is 6.08 Å². The van der Waals surface area contributed by atoms with Gasteiger partial charge in [-0.25, -0.2) is 4.79 Å². The van der Waals surface area contributed by atoms with Crippen LogP contribution < -0.4 is 0 Å². The third kappa shape index (κ3) is 3.79. The fourth-order valence-corrected chi connectivity index (χ4v) is 2.83. The predicted octanol–water partition coefficient (Wildman–Crippen LogP) is 2.55. The molecule has 5 heteroatoms. The third-order valence-electron chi connectivity index (χ3n) is 4.42. The van der Waals surface area contributed by atoms with E-state index >= 15 is 0 Å². The van der Waals surface area contributed by atoms with Crippen molar-refractivity contribution in [2.24, 2.45) is 0 Å². The van der Waals surface area contributed by atoms with Crippen LogP contribution in [0.25, 0.3) is 0 Å². The van der Waals surface area contributed by atoms with Gasteiger partial charge in [-0.1, -0.05) is 38.0 Å². The number of carbonyl (C=O) groups excluding carboxylic acids is 1. The Morgan fingerprint density at radius 1 is 1.43 bits per heavy atom. The Morgan fingerprint density at radius 3 is 2.83 bits per heavy atom. The van der Waals surface area contributed by atoms with E-state index in [4.69, 9.17) is 9.84 Å². The number of hydrogen-bond acceptors (Lipinski definition) is 4. The number of carboxylic acids is 1. The molecule has 5 nitrogen and oxygen atoms in total. The van der Waals surface area contributed by atoms with Crippen molar-refractivity contribution in [3.8, 4) is 0 Å². The van der Waals surface area contributed by atoms with E-state index < -0.39 is 23.8 Å². The van der Waals surface area contributed by atoms with E-state index in [1.54, 1.807) is 6.08 Å². The molecule has 23 heavy (non-hydrogen) atoms. The molecule has 1 fully saturated rings. The molecule has 2 aliphatic rings. The molecule has 0 saturated carbocycles. The summed E-state index contributed by atoms with van der Waals surface area (Å²) < 4.78 is 5.47. The summed E-state index contributed by atoms with van der Waals surface area (Å²) >= 11 is 0. The molecule has 0 radical (unpaired) electrons. The van der Waals surface area contributed by atoms with Crippen molar-refractivity contribution in [2.45, 2.75) is 63.8 Å². The van der Waals surface area contributed by atoms with Crippen LogP contribution in [0, 0.1) is 0 Å². The number of ketones is 1. The first-order chi connectivity index (χ1) is 10.9. The molecule has 1 saturated heterocycles. The maximum absolute atomic E-state index is 12.0. The van der Waals surface area contributed by atoms with Gasteiger partial charge >= 0.3 is 5.97 Å². The average molecular weight is 320 g/mol. The second-order valence-electron chi connectivity index (χ2n) is 6.20. The maximum atomic E-state index is 12.0. The first-order valence-electron chi connectivity index (χ1n) is 8.10. The highest BCUT2D eigenvalue weighted by Gasteiger charge is 2.66. The van der Waals surface area contributed by atoms with E-state index in [1.165, 1.54) is 19.1 Å². The summed E-state index contributed by atoms with van der Waals surface area (Å²) in [6, 6.07) is 0. The van der Waals surface area contributed by atoms with Gasteiger partial charge in [-0.3, -0.25) is 4.79 Å². The van der Waals surface area contributed by atoms with Crippen molar-refractivity contribution in [2.75, 3.05) is 0 Å². The molecule has 0 bridgehead atoms. The Hall–Kier alpha value is -1.72. The molecule has 2 rings (SSSR count). The van der Waals surface area contributed by atoms with Crippen molar-refractivity contribution < 1.29 is 24.5 Å². The average Bonchev–Trinajstić information content (AvgIpc) is 3.26. The predicted molar refractivity (Wildman–Crippen MR) is 86.0 cm³/mol. The Bertz CT molecular complexity index is 572. The Balaban J connectivity index is 2.05. The SMILES string of the molecule is CCCCC/C=C/C1=CC(=O)[C@H]2O[C@@]2(C/C=C(\C)C(=O)O)[C@H]1O. The fraction of sp³-hybridized carbons (Fsp3) is 0.556. The van der Waals surface area contributed by atoms with Gasteiger partial charge in [0, 0.05) is 12.0 Å². The number of rotatable bonds is 8. The number of carbonyl (C=O) groups is 2. The first-order valence-corrected chi connectivity index (χ1v) is 8.10. The fourth-order valence-electron chi connectivity index (χ4n) is 2.83. The first kappa shape index (κ1) is 17.6. The molecule has 1 heterocycles. The molecule has 0 unspecified atom stereocenters. The largest absolute Gasteiger partial charge is 0.478 e. The quantitative estimate of drug-likeness (QED) is 0.408. The number of epoxide rings is 1. The molecule has 0 spiro atoms. The molecule has 0 amide bonds. The van der Waals surface area contributed by atoms with Gasteiger partial charge in [0.25, 0.3) is 0 Å². The van der Waals surface area contributed by atoms with Gasteiger partial charge in [-0.15, -0.1) is 0 Å². The second-order valence-corrected chi connectivity index (χ2v) is 6.20. The minimum Gasteiger partial charge on any atom is -0.478 e. The van der Waals surface area contributed by atoms with Crippen LogP contribution in [0.2, 0.25) is 0 Å². The van der Waals surface area contributed by atoms with Crippen LogP contribution in [0.3, 0.4) is 0 Å². The zero-order valence-corrected chi connectivity index (χ0v) is 13.6. The number of aliphatic hydroxyl groups is 1. The number of aliphatic hydroxyl groups excluding tert-OH is 1. The Labute approximate surface area is 136 Å². The minimum absolute atomic E-state index is 0.162. The Kier molecular flexibility index (Phi) is 5.55. The van der Waals surface area contributed by atoms with E-state index in [2.05, 4.69) is 6.92 Å². The van der Waals surface area contributed by atoms with E-state index in [0.717, 1.165) is 25.7 Å². The molecule has 3 atom stereocenters. The van der Waals surface area contributed by atoms with Crippen molar-refractivity contribution in [3.05, 3.63) is 35.5 Å². The number of ether oxygens (including phenoxy) is 1. The Morgan fingerprint density at radius 2 is 2.17 bits per heavy atom. The molecule has 1 aliphatic heterocycles. The molecule has 126 valence electrons. The summed E-state index contributed by atoms with van der Waals surface area (Å²) in [4.78, 5) is 22.9. The summed E-state index contributed by atoms with van der Waals surface area (Å²) in [6.07, 6.45) is 9.61. The summed E-state index contributed by atoms with van der Waals surface area (Å²) in [5, 5.41) is 19.4. The lowest BCUT2D eigenvalue weighted by Crippen LogP contribution is -2.38. The van der Waals surface area contributed by atoms with Crippen LogP contribution in [0.5, 0.6) is 0 Å². The topological polar surface area (TPSA) is 87.1 Å². The minimum atomic E-state index is -1.01. The van der Waals surface area contributed by atoms with Crippen LogP contribution in [-0.4, -0.2) is 39.8 Å². The normalized spacial score (nSPS) is 30.3. The van der Waals surface area contributed by atoms with E-state index in [9.17, 15) is 14.7 Å². The highest BCUT2D eigenvalue weighted by Crippen LogP contribution is 2.49. The van der Waals surface area contributed by atoms with E-state index in [-0.39, 0.29) is 17.8 Å². The van der Waals surface area contributed by atoms with Gasteiger partial charge in [0.1, 0.15) is 11.7 Å². The lowest BCUT2D eigenvalue weighted by Gasteiger charge is -2.22. The second kappa shape index (κ2) is 7.23. The lowest BCUT2D eigenvalue weighted by atomic mass is 9.82. The number of unbranched alkanes of at least 4 members (excludes halogenated alkanes) is 3. The van der Waals surface area contributed by atoms with Crippen molar-refractivity contribution in [1.82, 2.24) is 0 Å². The molecular weight excluding hydrogens is 296 g/mol. The van der Waals surface area contributed by atoms with E-state index in [0.29, 0.717) is 5.57 Å². The zero-order valence-electron chi connectivity index (χ0n) is 13.6. The number of hydrogen-bond donors (Lipinski definition) is 2. The van der Waals surface area contributed by atoms with Crippen LogP contribution in [0.1, 0.15) is 46.0 Å². The summed E-state index contributed by atoms with van der Waals surface area (Å²) in [5.74, 6) is -1.17. The standard InChI is InChI=1S/C18H24O5/c1-3-4-5-6-7-8-13-11-14(19)16-18(23-16,15(13)20)10-9-12(2)17(21)22/h7-9,11,15-16,20H,3-6,10H2,1-2H3,(H,21,22)/b8-7+,12-9+/t15-,16+,18-/m0/s1. The molecule has 0 aromatic heterocycles. The smallest absolute Gasteiger partial charge is 0.330 e. The van der Waals surface area contributed by atoms with Gasteiger partial charge in [-0.05, 0) is 31.4 Å². The lowest BCUT2D eigenvalue weighted by molar-refractivity contribution is -0.132. The van der Waals surface area contributed by atoms with Crippen LogP contribution in [-0.2, 0) is 14.3 Å². The number of fused-ring (bicyclic) bond motifs is 1. The summed E-state index contributed by atoms with van der Waals surface area (Å²) in [5.41, 5.74) is -0.271. The van der Waals surface area contributed by atoms with Gasteiger partial charge in [0.2, 0.25) is 0 Å². The zero-order chi connectivity index (χ0) is 17.0. The van der Waals surface area contributed by atoms with Crippen molar-refractivity contribution in [1.29, 1.82) is 0 Å². The highest BCUT2D eigenvalue weighted by molar-refractivity contribution is 5.99. The van der Waals surface area contributed by atoms with Gasteiger partial charge in [0.05, 0.1) is 0 Å². The van der Waals surface area contributed by atoms with Gasteiger partial charge < -0.3 is 14.9 Å². The van der Waals surface area contributed by atoms with Gasteiger partial charge in [-0.2, -0.15) is 0 Å². The molecular formula is C18H24O5. The van der Waals surface area contributed by atoms with Crippen LogP contribution in [0.15, 0.2) is 35.5 Å². The summed E-state index contributed by atoms with van der Waals surface area (Å²) in [7, 11) is 0. The van der Waals surface area contributed by atoms with Crippen LogP contribution in [0.4, 0.5) is 0 Å². The van der Waals surface area contributed by atoms with Crippen molar-refractivity contribution >= 4 is 11.8 Å². The summed E-state index contributed by atoms with van der Waals surface area (Å²) in [6.45, 7) is 3.62. The van der Waals surface area contributed by atoms with Gasteiger partial charge in [0.15, 0.2) is 11.9 Å². The highest BCUT2D eigenvalue weighted by atomic mass is 16.6. The van der Waals surface area contributed by atoms with Crippen molar-refractivity contribution in [3.63, 3.8) is 0 Å². The number of allylic oxidation sites excluding steroid dienone is 1. The molecule has 0 aromatic rings. The number of aliphatic carboxylic acids is 1. The maximum Gasteiger partial charge on any atom is 0.330 e. The number of carboxylic acid groups (broad SMARTS) is 1. The molecule has 1 aliphatic carbocycles. The molecule has 0 aromatic carbocycles. The molecule has 2 N–H and O–H groups in total.